The topological polar surface area (TPSA) is 24.7 Å². The SMILES string of the molecule is C1N=C(C2CC2)N=C1C12CCC(CC1)C2. The second kappa shape index (κ2) is 2.72. The fourth-order valence-electron chi connectivity index (χ4n) is 3.81. The molecule has 3 fully saturated rings. The van der Waals surface area contributed by atoms with Gasteiger partial charge in [-0.2, -0.15) is 0 Å². The van der Waals surface area contributed by atoms with E-state index < -0.39 is 0 Å². The number of fused-ring (bicyclic) bond motifs is 2. The molecule has 0 aromatic heterocycles. The van der Waals surface area contributed by atoms with E-state index in [9.17, 15) is 0 Å². The minimum atomic E-state index is 0.519. The van der Waals surface area contributed by atoms with Crippen LogP contribution in [0.1, 0.15) is 44.9 Å². The molecular weight excluding hydrogens is 184 g/mol. The van der Waals surface area contributed by atoms with Crippen LogP contribution in [0.4, 0.5) is 0 Å². The highest BCUT2D eigenvalue weighted by Crippen LogP contribution is 2.55. The standard InChI is InChI=1S/C13H18N2/c1-2-10(1)12-14-8-11(15-12)13-5-3-9(7-13)4-6-13/h9-10H,1-8H2. The first-order valence-electron chi connectivity index (χ1n) is 6.48. The fraction of sp³-hybridized carbons (Fsp3) is 0.846. The van der Waals surface area contributed by atoms with Gasteiger partial charge in [0, 0.05) is 17.0 Å². The summed E-state index contributed by atoms with van der Waals surface area (Å²) in [6, 6.07) is 0. The monoisotopic (exact) mass is 202 g/mol. The Kier molecular flexibility index (Phi) is 1.54. The van der Waals surface area contributed by atoms with Crippen LogP contribution in [0.2, 0.25) is 0 Å². The second-order valence-electron chi connectivity index (χ2n) is 5.94. The Morgan fingerprint density at radius 2 is 1.87 bits per heavy atom. The molecular formula is C13H18N2. The van der Waals surface area contributed by atoms with Crippen LogP contribution < -0.4 is 0 Å². The predicted octanol–water partition coefficient (Wildman–Crippen LogP) is 2.83. The molecule has 2 bridgehead atoms. The van der Waals surface area contributed by atoms with Crippen molar-refractivity contribution in [1.29, 1.82) is 0 Å². The molecule has 0 aromatic carbocycles. The van der Waals surface area contributed by atoms with Crippen LogP contribution in [0.25, 0.3) is 0 Å². The van der Waals surface area contributed by atoms with E-state index in [1.807, 2.05) is 0 Å². The van der Waals surface area contributed by atoms with Gasteiger partial charge < -0.3 is 0 Å². The molecule has 3 aliphatic carbocycles. The third-order valence-corrected chi connectivity index (χ3v) is 4.94. The zero-order valence-electron chi connectivity index (χ0n) is 9.21. The first kappa shape index (κ1) is 8.49. The van der Waals surface area contributed by atoms with Gasteiger partial charge in [0.05, 0.1) is 6.54 Å². The van der Waals surface area contributed by atoms with Crippen LogP contribution >= 0.6 is 0 Å². The van der Waals surface area contributed by atoms with Crippen molar-refractivity contribution in [1.82, 2.24) is 0 Å². The second-order valence-corrected chi connectivity index (χ2v) is 5.94. The Hall–Kier alpha value is -0.660. The van der Waals surface area contributed by atoms with Gasteiger partial charge in [-0.3, -0.25) is 4.99 Å². The van der Waals surface area contributed by atoms with E-state index in [2.05, 4.69) is 4.99 Å². The highest BCUT2D eigenvalue weighted by Gasteiger charge is 2.49. The Morgan fingerprint density at radius 3 is 2.47 bits per heavy atom. The van der Waals surface area contributed by atoms with Gasteiger partial charge in [0.15, 0.2) is 0 Å². The number of hydrogen-bond acceptors (Lipinski definition) is 2. The molecule has 0 radical (unpaired) electrons. The van der Waals surface area contributed by atoms with E-state index in [0.29, 0.717) is 5.41 Å². The molecule has 2 nitrogen and oxygen atoms in total. The largest absolute Gasteiger partial charge is 0.264 e. The molecule has 3 saturated carbocycles. The van der Waals surface area contributed by atoms with E-state index in [0.717, 1.165) is 18.4 Å². The summed E-state index contributed by atoms with van der Waals surface area (Å²) in [5.41, 5.74) is 1.98. The Labute approximate surface area is 90.9 Å². The number of aliphatic imine (C=N–C) groups is 2. The summed E-state index contributed by atoms with van der Waals surface area (Å²) < 4.78 is 0. The molecule has 15 heavy (non-hydrogen) atoms. The van der Waals surface area contributed by atoms with Crippen LogP contribution in [-0.2, 0) is 0 Å². The van der Waals surface area contributed by atoms with Gasteiger partial charge in [-0.05, 0) is 50.9 Å². The number of amidine groups is 1. The van der Waals surface area contributed by atoms with Gasteiger partial charge >= 0.3 is 0 Å². The average molecular weight is 202 g/mol. The fourth-order valence-corrected chi connectivity index (χ4v) is 3.81. The van der Waals surface area contributed by atoms with E-state index >= 15 is 0 Å². The summed E-state index contributed by atoms with van der Waals surface area (Å²) in [5, 5.41) is 0. The smallest absolute Gasteiger partial charge is 0.126 e. The predicted molar refractivity (Wildman–Crippen MR) is 61.5 cm³/mol. The van der Waals surface area contributed by atoms with Crippen molar-refractivity contribution in [3.63, 3.8) is 0 Å². The molecule has 1 aliphatic heterocycles. The van der Waals surface area contributed by atoms with Crippen LogP contribution in [0, 0.1) is 17.3 Å². The summed E-state index contributed by atoms with van der Waals surface area (Å²) in [4.78, 5) is 9.52. The highest BCUT2D eigenvalue weighted by atomic mass is 15.0. The molecule has 0 amide bonds. The summed E-state index contributed by atoms with van der Waals surface area (Å²) in [7, 11) is 0. The lowest BCUT2D eigenvalue weighted by atomic mass is 9.79. The molecule has 0 atom stereocenters. The molecule has 4 rings (SSSR count). The summed E-state index contributed by atoms with van der Waals surface area (Å²) in [6.07, 6.45) is 9.83. The van der Waals surface area contributed by atoms with Crippen molar-refractivity contribution in [3.05, 3.63) is 0 Å². The molecule has 2 heteroatoms. The molecule has 0 unspecified atom stereocenters. The van der Waals surface area contributed by atoms with Crippen molar-refractivity contribution in [3.8, 4) is 0 Å². The number of rotatable bonds is 2. The van der Waals surface area contributed by atoms with E-state index in [1.54, 1.807) is 0 Å². The van der Waals surface area contributed by atoms with Crippen molar-refractivity contribution in [2.45, 2.75) is 44.9 Å². The highest BCUT2D eigenvalue weighted by molar-refractivity contribution is 6.08. The van der Waals surface area contributed by atoms with Crippen LogP contribution in [0.15, 0.2) is 9.98 Å². The first-order chi connectivity index (χ1) is 7.36. The van der Waals surface area contributed by atoms with Crippen molar-refractivity contribution < 1.29 is 0 Å². The molecule has 4 aliphatic rings. The Morgan fingerprint density at radius 1 is 1.07 bits per heavy atom. The summed E-state index contributed by atoms with van der Waals surface area (Å²) >= 11 is 0. The van der Waals surface area contributed by atoms with Gasteiger partial charge in [-0.15, -0.1) is 0 Å². The lowest BCUT2D eigenvalue weighted by Gasteiger charge is -2.25. The minimum Gasteiger partial charge on any atom is -0.264 e. The molecule has 0 aromatic rings. The summed E-state index contributed by atoms with van der Waals surface area (Å²) in [6.45, 7) is 0.943. The first-order valence-corrected chi connectivity index (χ1v) is 6.48. The van der Waals surface area contributed by atoms with E-state index in [4.69, 9.17) is 4.99 Å². The van der Waals surface area contributed by atoms with Crippen molar-refractivity contribution in [2.24, 2.45) is 27.2 Å². The zero-order valence-corrected chi connectivity index (χ0v) is 9.21. The van der Waals surface area contributed by atoms with E-state index in [1.165, 1.54) is 56.5 Å². The maximum Gasteiger partial charge on any atom is 0.126 e. The molecule has 1 heterocycles. The lowest BCUT2D eigenvalue weighted by Crippen LogP contribution is -2.27. The van der Waals surface area contributed by atoms with Gasteiger partial charge in [0.2, 0.25) is 0 Å². The van der Waals surface area contributed by atoms with Crippen molar-refractivity contribution >= 4 is 11.5 Å². The zero-order chi connectivity index (χ0) is 9.88. The van der Waals surface area contributed by atoms with Crippen LogP contribution in [0.3, 0.4) is 0 Å². The number of nitrogens with zero attached hydrogens (tertiary/aromatic N) is 2. The molecule has 0 spiro atoms. The van der Waals surface area contributed by atoms with Crippen LogP contribution in [-0.4, -0.2) is 18.1 Å². The maximum absolute atomic E-state index is 4.87. The third kappa shape index (κ3) is 1.17. The average Bonchev–Trinajstić information content (AvgIpc) is 2.77. The molecule has 80 valence electrons. The van der Waals surface area contributed by atoms with Gasteiger partial charge in [-0.25, -0.2) is 4.99 Å². The van der Waals surface area contributed by atoms with Crippen LogP contribution in [0.5, 0.6) is 0 Å². The minimum absolute atomic E-state index is 0.519. The quantitative estimate of drug-likeness (QED) is 0.658. The third-order valence-electron chi connectivity index (χ3n) is 4.94. The molecule has 0 saturated heterocycles. The normalized spacial score (nSPS) is 43.3. The van der Waals surface area contributed by atoms with E-state index in [-0.39, 0.29) is 0 Å². The van der Waals surface area contributed by atoms with Crippen molar-refractivity contribution in [2.75, 3.05) is 6.54 Å². The Bertz CT molecular complexity index is 355. The summed E-state index contributed by atoms with van der Waals surface area (Å²) in [5.74, 6) is 2.98. The number of hydrogen-bond donors (Lipinski definition) is 0. The van der Waals surface area contributed by atoms with Gasteiger partial charge in [0.25, 0.3) is 0 Å². The maximum atomic E-state index is 4.87. The lowest BCUT2D eigenvalue weighted by molar-refractivity contribution is 0.412. The molecule has 0 N–H and O–H groups in total. The van der Waals surface area contributed by atoms with Gasteiger partial charge in [0.1, 0.15) is 5.84 Å². The Balaban J connectivity index is 1.61. The van der Waals surface area contributed by atoms with Gasteiger partial charge in [-0.1, -0.05) is 0 Å².